The minimum atomic E-state index is -2.14. The fourth-order valence-corrected chi connectivity index (χ4v) is 0.832. The number of hydrogen-bond acceptors (Lipinski definition) is 3. The summed E-state index contributed by atoms with van der Waals surface area (Å²) in [6.07, 6.45) is 0. The molecule has 0 aliphatic rings. The number of hydrogen-bond donors (Lipinski definition) is 0. The van der Waals surface area contributed by atoms with E-state index in [1.54, 1.807) is 13.8 Å². The summed E-state index contributed by atoms with van der Waals surface area (Å²) in [7, 11) is 2.69. The molecule has 0 unspecified atom stereocenters. The van der Waals surface area contributed by atoms with Crippen molar-refractivity contribution in [3.05, 3.63) is 0 Å². The molecule has 59 valence electrons. The van der Waals surface area contributed by atoms with Gasteiger partial charge in [0.1, 0.15) is 0 Å². The molecule has 0 aromatic rings. The van der Waals surface area contributed by atoms with Crippen molar-refractivity contribution >= 4 is 16.5 Å². The standard InChI is InChI=1S/C4H11O3P.ClH.Hg/c1-3-6-8(5)7-4-2;;/h8H,3-4H2,1-2H3;1H;/q;;+1/p-1. The third kappa shape index (κ3) is 12.1. The van der Waals surface area contributed by atoms with Crippen LogP contribution in [0.2, 0.25) is 0 Å². The second kappa shape index (κ2) is 13.0. The van der Waals surface area contributed by atoms with Gasteiger partial charge in [-0.05, 0) is 13.8 Å². The zero-order valence-corrected chi connectivity index (χ0v) is 13.5. The van der Waals surface area contributed by atoms with E-state index in [1.807, 2.05) is 0 Å². The molecule has 3 nitrogen and oxygen atoms in total. The van der Waals surface area contributed by atoms with E-state index in [0.717, 1.165) is 0 Å². The second-order valence-electron chi connectivity index (χ2n) is 1.12. The van der Waals surface area contributed by atoms with Crippen molar-refractivity contribution < 1.29 is 38.5 Å². The molecule has 10 heavy (non-hydrogen) atoms. The van der Waals surface area contributed by atoms with Crippen LogP contribution in [0.3, 0.4) is 0 Å². The molecule has 6 heteroatoms. The Morgan fingerprint density at radius 2 is 1.60 bits per heavy atom. The maximum absolute atomic E-state index is 10.4. The molecule has 0 rings (SSSR count). The fourth-order valence-electron chi connectivity index (χ4n) is 0.277. The van der Waals surface area contributed by atoms with Crippen LogP contribution in [0.25, 0.3) is 0 Å². The average Bonchev–Trinajstić information content (AvgIpc) is 1.93. The first-order chi connectivity index (χ1) is 4.81. The molecule has 0 radical (unpaired) electrons. The number of rotatable bonds is 4. The monoisotopic (exact) mass is 375 g/mol. The van der Waals surface area contributed by atoms with E-state index in [0.29, 0.717) is 38.1 Å². The maximum atomic E-state index is 10.4. The van der Waals surface area contributed by atoms with Crippen LogP contribution in [-0.2, 0) is 38.5 Å². The third-order valence-electron chi connectivity index (χ3n) is 0.524. The van der Waals surface area contributed by atoms with Gasteiger partial charge in [-0.1, -0.05) is 0 Å². The summed E-state index contributed by atoms with van der Waals surface area (Å²) >= 11 is 0.500. The normalized spacial score (nSPS) is 9.00. The molecule has 0 saturated carbocycles. The Labute approximate surface area is 81.8 Å². The van der Waals surface area contributed by atoms with Crippen LogP contribution in [-0.4, -0.2) is 13.2 Å². The molecule has 0 aliphatic carbocycles. The molecular formula is C4H11ClHgO3P. The topological polar surface area (TPSA) is 35.5 Å². The van der Waals surface area contributed by atoms with E-state index in [1.165, 1.54) is 0 Å². The Kier molecular flexibility index (Phi) is 18.1. The van der Waals surface area contributed by atoms with Crippen molar-refractivity contribution in [1.29, 1.82) is 0 Å². The van der Waals surface area contributed by atoms with Crippen LogP contribution in [0, 0.1) is 0 Å². The molecule has 0 aromatic heterocycles. The third-order valence-corrected chi connectivity index (χ3v) is 1.57. The van der Waals surface area contributed by atoms with Crippen LogP contribution < -0.4 is 0 Å². The van der Waals surface area contributed by atoms with Gasteiger partial charge in [-0.15, -0.1) is 0 Å². The summed E-state index contributed by atoms with van der Waals surface area (Å²) in [5.74, 6) is 0. The zero-order valence-electron chi connectivity index (χ0n) is 6.22. The summed E-state index contributed by atoms with van der Waals surface area (Å²) in [5, 5.41) is 0. The Bertz CT molecular complexity index is 74.9. The van der Waals surface area contributed by atoms with Gasteiger partial charge in [-0.25, -0.2) is 0 Å². The first kappa shape index (κ1) is 13.9. The SMILES string of the molecule is CCO[PH](=O)OCC.[Cl][Hg]. The van der Waals surface area contributed by atoms with Crippen LogP contribution in [0.1, 0.15) is 13.8 Å². The molecule has 0 heterocycles. The molecule has 0 saturated heterocycles. The first-order valence-electron chi connectivity index (χ1n) is 2.87. The minimum absolute atomic E-state index is 0.456. The second-order valence-corrected chi connectivity index (χ2v) is 2.19. The van der Waals surface area contributed by atoms with Crippen LogP contribution in [0.15, 0.2) is 0 Å². The van der Waals surface area contributed by atoms with Gasteiger partial charge in [0.25, 0.3) is 0 Å². The Hall–Kier alpha value is 1.38. The summed E-state index contributed by atoms with van der Waals surface area (Å²) in [5.41, 5.74) is 0. The Morgan fingerprint density at radius 3 is 1.80 bits per heavy atom. The summed E-state index contributed by atoms with van der Waals surface area (Å²) in [6, 6.07) is 0. The predicted molar refractivity (Wildman–Crippen MR) is 38.1 cm³/mol. The molecule has 0 amide bonds. The predicted octanol–water partition coefficient (Wildman–Crippen LogP) is 2.14. The Balaban J connectivity index is 0. The average molecular weight is 374 g/mol. The fraction of sp³-hybridized carbons (Fsp3) is 1.00. The van der Waals surface area contributed by atoms with Crippen LogP contribution in [0.5, 0.6) is 0 Å². The summed E-state index contributed by atoms with van der Waals surface area (Å²) in [6.45, 7) is 4.47. The van der Waals surface area contributed by atoms with Gasteiger partial charge in [0.05, 0.1) is 13.2 Å². The van der Waals surface area contributed by atoms with Crippen molar-refractivity contribution in [1.82, 2.24) is 0 Å². The van der Waals surface area contributed by atoms with Crippen LogP contribution in [0.4, 0.5) is 0 Å². The van der Waals surface area contributed by atoms with Gasteiger partial charge in [-0.2, -0.15) is 0 Å². The van der Waals surface area contributed by atoms with Crippen molar-refractivity contribution in [3.63, 3.8) is 0 Å². The molecule has 0 aromatic carbocycles. The van der Waals surface area contributed by atoms with Crippen molar-refractivity contribution in [3.8, 4) is 0 Å². The van der Waals surface area contributed by atoms with Gasteiger partial charge in [0, 0.05) is 0 Å². The first-order valence-corrected chi connectivity index (χ1v) is 10.9. The molecular weight excluding hydrogens is 363 g/mol. The van der Waals surface area contributed by atoms with Gasteiger partial charge in [0.2, 0.25) is 0 Å². The van der Waals surface area contributed by atoms with Gasteiger partial charge in [-0.3, -0.25) is 4.57 Å². The van der Waals surface area contributed by atoms with Crippen LogP contribution >= 0.6 is 16.5 Å². The molecule has 0 spiro atoms. The molecule has 0 fully saturated rings. The van der Waals surface area contributed by atoms with Gasteiger partial charge in [0.15, 0.2) is 0 Å². The molecule has 0 atom stereocenters. The van der Waals surface area contributed by atoms with E-state index in [4.69, 9.17) is 8.25 Å². The van der Waals surface area contributed by atoms with Gasteiger partial charge < -0.3 is 9.05 Å². The zero-order chi connectivity index (χ0) is 8.41. The van der Waals surface area contributed by atoms with E-state index in [-0.39, 0.29) is 0 Å². The summed E-state index contributed by atoms with van der Waals surface area (Å²) in [4.78, 5) is 0. The summed E-state index contributed by atoms with van der Waals surface area (Å²) < 4.78 is 19.6. The van der Waals surface area contributed by atoms with Gasteiger partial charge >= 0.3 is 41.4 Å². The molecule has 0 N–H and O–H groups in total. The van der Waals surface area contributed by atoms with E-state index in [9.17, 15) is 4.57 Å². The van der Waals surface area contributed by atoms with E-state index >= 15 is 0 Å². The molecule has 0 aliphatic heterocycles. The molecule has 0 bridgehead atoms. The van der Waals surface area contributed by atoms with E-state index < -0.39 is 8.25 Å². The van der Waals surface area contributed by atoms with E-state index in [2.05, 4.69) is 9.05 Å². The Morgan fingerprint density at radius 1 is 1.30 bits per heavy atom. The van der Waals surface area contributed by atoms with Crippen molar-refractivity contribution in [2.24, 2.45) is 0 Å². The van der Waals surface area contributed by atoms with Crippen molar-refractivity contribution in [2.75, 3.05) is 13.2 Å². The van der Waals surface area contributed by atoms with Crippen molar-refractivity contribution in [2.45, 2.75) is 13.8 Å². The number of halogens is 1. The quantitative estimate of drug-likeness (QED) is 0.559.